The van der Waals surface area contributed by atoms with Crippen LogP contribution in [0.3, 0.4) is 0 Å². The molecule has 101 heavy (non-hydrogen) atoms. The molecule has 0 spiro atoms. The Bertz CT molecular complexity index is 4050. The van der Waals surface area contributed by atoms with E-state index in [1.807, 2.05) is 31.4 Å². The van der Waals surface area contributed by atoms with Crippen LogP contribution in [0.15, 0.2) is 194 Å². The molecule has 12 amide bonds. The third-order valence-electron chi connectivity index (χ3n) is 15.9. The Morgan fingerprint density at radius 1 is 0.386 bits per heavy atom. The van der Waals surface area contributed by atoms with E-state index in [1.165, 1.54) is 38.1 Å². The van der Waals surface area contributed by atoms with Crippen molar-refractivity contribution in [1.29, 1.82) is 0 Å². The quantitative estimate of drug-likeness (QED) is 0.0197. The van der Waals surface area contributed by atoms with E-state index in [-0.39, 0.29) is 59.6 Å². The Morgan fingerprint density at radius 3 is 0.960 bits per heavy atom. The zero-order valence-corrected chi connectivity index (χ0v) is 56.8. The Kier molecular flexibility index (Phi) is 27.1. The molecular formula is C74H75N9O17S. The van der Waals surface area contributed by atoms with Gasteiger partial charge in [-0.05, 0) is 83.5 Å². The molecule has 27 heteroatoms. The third-order valence-corrected chi connectivity index (χ3v) is 16.6. The zero-order chi connectivity index (χ0) is 72.5. The van der Waals surface area contributed by atoms with Crippen LogP contribution in [0.1, 0.15) is 130 Å². The van der Waals surface area contributed by atoms with Gasteiger partial charge in [-0.2, -0.15) is 26.8 Å². The Hall–Kier alpha value is -12.0. The number of rotatable bonds is 26. The van der Waals surface area contributed by atoms with Crippen LogP contribution in [0.2, 0.25) is 0 Å². The van der Waals surface area contributed by atoms with Crippen LogP contribution in [0.4, 0.5) is 14.4 Å². The molecule has 0 saturated carbocycles. The van der Waals surface area contributed by atoms with Crippen molar-refractivity contribution in [2.24, 2.45) is 0 Å². The molecule has 3 N–H and O–H groups in total. The van der Waals surface area contributed by atoms with Gasteiger partial charge in [-0.3, -0.25) is 33.6 Å². The first kappa shape index (κ1) is 74.8. The number of ether oxygens (including phenoxy) is 4. The molecule has 0 aromatic heterocycles. The van der Waals surface area contributed by atoms with Gasteiger partial charge in [0.25, 0.3) is 35.4 Å². The van der Waals surface area contributed by atoms with Gasteiger partial charge in [-0.1, -0.05) is 184 Å². The molecular weight excluding hydrogens is 1320 g/mol. The predicted octanol–water partition coefficient (Wildman–Crippen LogP) is 9.32. The number of nitrogens with one attached hydrogen (secondary N) is 3. The molecule has 3 heterocycles. The number of imide groups is 3. The zero-order valence-electron chi connectivity index (χ0n) is 56.0. The summed E-state index contributed by atoms with van der Waals surface area (Å²) in [5.74, 6) is -5.92. The van der Waals surface area contributed by atoms with Gasteiger partial charge in [-0.25, -0.2) is 43.8 Å². The number of methoxy groups -OCH3 is 3. The van der Waals surface area contributed by atoms with E-state index in [9.17, 15) is 62.3 Å². The molecule has 7 aromatic rings. The first-order valence-electron chi connectivity index (χ1n) is 32.0. The van der Waals surface area contributed by atoms with Crippen molar-refractivity contribution in [1.82, 2.24) is 46.0 Å². The van der Waals surface area contributed by atoms with E-state index in [0.717, 1.165) is 67.6 Å². The first-order chi connectivity index (χ1) is 48.8. The summed E-state index contributed by atoms with van der Waals surface area (Å²) in [5, 5.41) is 13.1. The van der Waals surface area contributed by atoms with Crippen molar-refractivity contribution in [3.8, 4) is 0 Å². The molecule has 3 aliphatic heterocycles. The van der Waals surface area contributed by atoms with Crippen LogP contribution in [0.25, 0.3) is 0 Å². The van der Waals surface area contributed by atoms with E-state index in [2.05, 4.69) is 16.0 Å². The number of carbonyl (C=O) groups is 13. The Balaban J connectivity index is 0.000000194. The predicted molar refractivity (Wildman–Crippen MR) is 368 cm³/mol. The molecule has 7 aromatic carbocycles. The molecule has 0 saturated heterocycles. The van der Waals surface area contributed by atoms with Gasteiger partial charge in [0.05, 0.1) is 80.8 Å². The summed E-state index contributed by atoms with van der Waals surface area (Å²) in [6.07, 6.45) is 4.69. The number of urea groups is 3. The SMILES string of the molecule is CCCCCC(NC(=O)N(Cc1ccccc1)N1C(=O)c2ccccc2C1=O)C(=O)OC.COC(=O)C(CC(=O)OCc1ccccc1)NC(=O)N(Cc1ccccc1)N1C(=O)c2ccccc2C1=O.COC(=O)C(CCSC)NC(=O)N(Cc1ccccc1)N1C(=O)c2ccccc2C1=O. The van der Waals surface area contributed by atoms with Gasteiger partial charge in [0.15, 0.2) is 0 Å². The fraction of sp³-hybridized carbons (Fsp3) is 0.257. The summed E-state index contributed by atoms with van der Waals surface area (Å²) in [6.45, 7) is 1.80. The molecule has 26 nitrogen and oxygen atoms in total. The van der Waals surface area contributed by atoms with Gasteiger partial charge in [0.1, 0.15) is 24.7 Å². The summed E-state index contributed by atoms with van der Waals surface area (Å²) in [4.78, 5) is 168. The maximum atomic E-state index is 13.5. The normalized spacial score (nSPS) is 13.3. The topological polar surface area (TPSA) is 314 Å². The molecule has 0 fully saturated rings. The minimum atomic E-state index is -1.43. The number of carbonyl (C=O) groups excluding carboxylic acids is 13. The number of esters is 4. The highest BCUT2D eigenvalue weighted by Crippen LogP contribution is 2.29. The van der Waals surface area contributed by atoms with Gasteiger partial charge in [0, 0.05) is 0 Å². The van der Waals surface area contributed by atoms with Crippen LogP contribution in [0, 0.1) is 0 Å². The minimum absolute atomic E-state index is 0.0172. The second-order valence-electron chi connectivity index (χ2n) is 22.7. The highest BCUT2D eigenvalue weighted by Gasteiger charge is 2.45. The standard InChI is InChI=1S/C28H25N3O7.C24H27N3O5.C22H23N3O5S/c1-37-27(35)23(16-24(32)38-18-20-12-6-3-7-13-20)29-28(36)30(17-19-10-4-2-5-11-19)31-25(33)21-14-8-9-15-22(21)26(31)34;1-3-4-6-15-20(23(30)32-2)25-24(31)26(16-17-11-7-5-8-12-17)27-21(28)18-13-9-10-14-19(18)22(27)29;1-30-21(28)18(12-13-31-2)23-22(29)24(14-15-8-4-3-5-9-15)25-19(26)16-10-6-7-11-17(16)20(25)27/h2-15,23H,16-18H2,1H3,(H,29,36);5,7-14,20H,3-4,6,15-16H2,1-2H3,(H,25,31);3-11,18H,12-14H2,1-2H3,(H,23,29). The average molecular weight is 1390 g/mol. The largest absolute Gasteiger partial charge is 0.467 e. The Morgan fingerprint density at radius 2 is 0.663 bits per heavy atom. The smallest absolute Gasteiger partial charge is 0.337 e. The summed E-state index contributed by atoms with van der Waals surface area (Å²) >= 11 is 1.52. The maximum Gasteiger partial charge on any atom is 0.337 e. The van der Waals surface area contributed by atoms with Crippen molar-refractivity contribution in [2.45, 2.75) is 89.8 Å². The second kappa shape index (κ2) is 36.5. The fourth-order valence-corrected chi connectivity index (χ4v) is 11.2. The Labute approximate surface area is 586 Å². The van der Waals surface area contributed by atoms with Crippen LogP contribution < -0.4 is 16.0 Å². The monoisotopic (exact) mass is 1390 g/mol. The van der Waals surface area contributed by atoms with E-state index in [4.69, 9.17) is 18.9 Å². The molecule has 3 aliphatic rings. The number of amides is 12. The fourth-order valence-electron chi connectivity index (χ4n) is 10.7. The first-order valence-corrected chi connectivity index (χ1v) is 33.4. The summed E-state index contributed by atoms with van der Waals surface area (Å²) in [7, 11) is 3.61. The molecule has 3 atom stereocenters. The molecule has 0 aliphatic carbocycles. The van der Waals surface area contributed by atoms with Crippen molar-refractivity contribution in [3.63, 3.8) is 0 Å². The molecule has 0 radical (unpaired) electrons. The number of hydrogen-bond acceptors (Lipinski definition) is 18. The van der Waals surface area contributed by atoms with Crippen LogP contribution >= 0.6 is 11.8 Å². The van der Waals surface area contributed by atoms with E-state index in [1.54, 1.807) is 164 Å². The third kappa shape index (κ3) is 19.0. The summed E-state index contributed by atoms with van der Waals surface area (Å²) < 4.78 is 19.6. The highest BCUT2D eigenvalue weighted by atomic mass is 32.2. The van der Waals surface area contributed by atoms with Gasteiger partial charge >= 0.3 is 42.0 Å². The van der Waals surface area contributed by atoms with Crippen molar-refractivity contribution < 1.29 is 81.3 Å². The number of thioether (sulfide) groups is 1. The number of benzene rings is 7. The van der Waals surface area contributed by atoms with Gasteiger partial charge in [-0.15, -0.1) is 0 Å². The minimum Gasteiger partial charge on any atom is -0.467 e. The van der Waals surface area contributed by atoms with E-state index in [0.29, 0.717) is 29.7 Å². The lowest BCUT2D eigenvalue weighted by Crippen LogP contribution is -2.56. The lowest BCUT2D eigenvalue weighted by Gasteiger charge is -2.31. The number of hydrogen-bond donors (Lipinski definition) is 3. The molecule has 3 unspecified atom stereocenters. The van der Waals surface area contributed by atoms with Crippen LogP contribution in [0.5, 0.6) is 0 Å². The summed E-state index contributed by atoms with van der Waals surface area (Å²) in [5.41, 5.74) is 4.03. The van der Waals surface area contributed by atoms with E-state index >= 15 is 0 Å². The number of nitrogens with zero attached hydrogens (tertiary/aromatic N) is 6. The van der Waals surface area contributed by atoms with Crippen LogP contribution in [-0.4, -0.2) is 159 Å². The van der Waals surface area contributed by atoms with E-state index < -0.39 is 102 Å². The molecule has 524 valence electrons. The van der Waals surface area contributed by atoms with Crippen molar-refractivity contribution in [2.75, 3.05) is 33.3 Å². The van der Waals surface area contributed by atoms with Crippen LogP contribution in [-0.2, 0) is 64.4 Å². The van der Waals surface area contributed by atoms with Gasteiger partial charge in [0.2, 0.25) is 0 Å². The maximum absolute atomic E-state index is 13.5. The van der Waals surface area contributed by atoms with Crippen molar-refractivity contribution >= 4 is 89.2 Å². The van der Waals surface area contributed by atoms with Gasteiger partial charge < -0.3 is 34.9 Å². The van der Waals surface area contributed by atoms with Crippen molar-refractivity contribution in [3.05, 3.63) is 250 Å². The number of unbranched alkanes of at least 4 members (excludes halogenated alkanes) is 2. The average Bonchev–Trinajstić information content (AvgIpc) is 1.64. The second-order valence-corrected chi connectivity index (χ2v) is 23.7. The molecule has 0 bridgehead atoms. The lowest BCUT2D eigenvalue weighted by molar-refractivity contribution is -0.151. The molecule has 10 rings (SSSR count). The summed E-state index contributed by atoms with van der Waals surface area (Å²) in [6, 6.07) is 49.1. The number of fused-ring (bicyclic) bond motifs is 3. The lowest BCUT2D eigenvalue weighted by atomic mass is 10.1. The highest BCUT2D eigenvalue weighted by molar-refractivity contribution is 7.98. The number of hydrazine groups is 3.